The molecule has 5 nitrogen and oxygen atoms in total. The highest BCUT2D eigenvalue weighted by Gasteiger charge is 2.23. The standard InChI is InChI=1S/C63H40N4O/c1-6-19-41(20-7-1)46-35-47(42-21-8-2-9-22-42)37-49(36-46)53-39-48(45-33-34-57-54(38-45)51-29-16-17-31-56(51)67(57)50-27-14-5-15-28-50)40-55-59-52(30-18-32-58(59)68-60(53)55)63-65-61(43-23-10-3-11-24-43)64-62(66-63)44-25-12-4-13-26-44/h1-40H. The number of aromatic nitrogens is 4. The lowest BCUT2D eigenvalue weighted by Crippen LogP contribution is -2.00. The number of hydrogen-bond acceptors (Lipinski definition) is 4. The van der Waals surface area contributed by atoms with Crippen LogP contribution >= 0.6 is 0 Å². The molecule has 0 unspecified atom stereocenters. The molecule has 0 atom stereocenters. The van der Waals surface area contributed by atoms with Gasteiger partial charge in [-0.15, -0.1) is 0 Å². The van der Waals surface area contributed by atoms with Gasteiger partial charge in [-0.05, 0) is 106 Å². The van der Waals surface area contributed by atoms with Gasteiger partial charge < -0.3 is 8.98 Å². The van der Waals surface area contributed by atoms with Gasteiger partial charge in [-0.25, -0.2) is 15.0 Å². The van der Waals surface area contributed by atoms with Crippen molar-refractivity contribution in [2.75, 3.05) is 0 Å². The van der Waals surface area contributed by atoms with Crippen molar-refractivity contribution in [3.05, 3.63) is 243 Å². The average Bonchev–Trinajstić information content (AvgIpc) is 3.97. The molecule has 3 heterocycles. The zero-order valence-electron chi connectivity index (χ0n) is 36.8. The molecule has 0 amide bonds. The fraction of sp³-hybridized carbons (Fsp3) is 0. The molecular weight excluding hydrogens is 829 g/mol. The molecule has 0 saturated heterocycles. The first-order valence-electron chi connectivity index (χ1n) is 22.9. The van der Waals surface area contributed by atoms with E-state index in [1.54, 1.807) is 0 Å². The van der Waals surface area contributed by atoms with Gasteiger partial charge in [-0.1, -0.05) is 176 Å². The van der Waals surface area contributed by atoms with Crippen LogP contribution in [0.25, 0.3) is 128 Å². The number of hydrogen-bond donors (Lipinski definition) is 0. The Hall–Kier alpha value is -9.19. The summed E-state index contributed by atoms with van der Waals surface area (Å²) in [6.45, 7) is 0. The predicted molar refractivity (Wildman–Crippen MR) is 279 cm³/mol. The minimum atomic E-state index is 0.575. The van der Waals surface area contributed by atoms with E-state index in [0.29, 0.717) is 17.5 Å². The number of fused-ring (bicyclic) bond motifs is 6. The van der Waals surface area contributed by atoms with Gasteiger partial charge in [0.25, 0.3) is 0 Å². The van der Waals surface area contributed by atoms with E-state index < -0.39 is 0 Å². The van der Waals surface area contributed by atoms with Gasteiger partial charge in [-0.2, -0.15) is 0 Å². The van der Waals surface area contributed by atoms with Gasteiger partial charge in [0.2, 0.25) is 0 Å². The maximum absolute atomic E-state index is 7.12. The van der Waals surface area contributed by atoms with E-state index in [4.69, 9.17) is 19.4 Å². The lowest BCUT2D eigenvalue weighted by atomic mass is 9.90. The number of para-hydroxylation sites is 2. The summed E-state index contributed by atoms with van der Waals surface area (Å²) in [7, 11) is 0. The quantitative estimate of drug-likeness (QED) is 0.153. The molecule has 13 aromatic rings. The van der Waals surface area contributed by atoms with Crippen LogP contribution in [0.2, 0.25) is 0 Å². The van der Waals surface area contributed by atoms with Crippen molar-refractivity contribution < 1.29 is 4.42 Å². The Morgan fingerprint density at radius 3 is 1.43 bits per heavy atom. The van der Waals surface area contributed by atoms with E-state index in [2.05, 4.69) is 180 Å². The Morgan fingerprint density at radius 1 is 0.294 bits per heavy atom. The molecule has 3 aromatic heterocycles. The first kappa shape index (κ1) is 39.2. The second-order valence-electron chi connectivity index (χ2n) is 17.2. The predicted octanol–water partition coefficient (Wildman–Crippen LogP) is 16.5. The smallest absolute Gasteiger partial charge is 0.164 e. The third kappa shape index (κ3) is 6.84. The minimum absolute atomic E-state index is 0.575. The lowest BCUT2D eigenvalue weighted by molar-refractivity contribution is 0.670. The first-order valence-corrected chi connectivity index (χ1v) is 22.9. The third-order valence-electron chi connectivity index (χ3n) is 13.0. The molecule has 10 aromatic carbocycles. The Balaban J connectivity index is 1.10. The van der Waals surface area contributed by atoms with Gasteiger partial charge in [-0.3, -0.25) is 0 Å². The second kappa shape index (κ2) is 16.4. The molecule has 0 aliphatic carbocycles. The van der Waals surface area contributed by atoms with E-state index >= 15 is 0 Å². The van der Waals surface area contributed by atoms with Crippen molar-refractivity contribution in [3.8, 4) is 84.4 Å². The molecule has 68 heavy (non-hydrogen) atoms. The molecule has 318 valence electrons. The van der Waals surface area contributed by atoms with E-state index in [1.165, 1.54) is 16.3 Å². The number of furan rings is 1. The average molecular weight is 869 g/mol. The van der Waals surface area contributed by atoms with Crippen molar-refractivity contribution >= 4 is 43.7 Å². The molecule has 0 saturated carbocycles. The fourth-order valence-electron chi connectivity index (χ4n) is 9.81. The molecule has 0 N–H and O–H groups in total. The summed E-state index contributed by atoms with van der Waals surface area (Å²) in [5.74, 6) is 1.79. The summed E-state index contributed by atoms with van der Waals surface area (Å²) in [5, 5.41) is 4.31. The zero-order valence-corrected chi connectivity index (χ0v) is 36.8. The zero-order chi connectivity index (χ0) is 45.0. The number of rotatable bonds is 8. The molecule has 0 radical (unpaired) electrons. The lowest BCUT2D eigenvalue weighted by Gasteiger charge is -2.14. The highest BCUT2D eigenvalue weighted by Crippen LogP contribution is 2.45. The Morgan fingerprint density at radius 2 is 0.794 bits per heavy atom. The molecular formula is C63H40N4O. The van der Waals surface area contributed by atoms with Gasteiger partial charge >= 0.3 is 0 Å². The minimum Gasteiger partial charge on any atom is -0.455 e. The van der Waals surface area contributed by atoms with Gasteiger partial charge in [0.15, 0.2) is 17.5 Å². The van der Waals surface area contributed by atoms with Crippen LogP contribution in [0.4, 0.5) is 0 Å². The Kier molecular flexibility index (Phi) is 9.43. The van der Waals surface area contributed by atoms with Gasteiger partial charge in [0.1, 0.15) is 11.2 Å². The maximum Gasteiger partial charge on any atom is 0.164 e. The summed E-state index contributed by atoms with van der Waals surface area (Å²) in [6.07, 6.45) is 0. The summed E-state index contributed by atoms with van der Waals surface area (Å²) < 4.78 is 9.48. The largest absolute Gasteiger partial charge is 0.455 e. The van der Waals surface area contributed by atoms with Crippen molar-refractivity contribution in [2.24, 2.45) is 0 Å². The molecule has 5 heteroatoms. The van der Waals surface area contributed by atoms with Crippen molar-refractivity contribution in [2.45, 2.75) is 0 Å². The van der Waals surface area contributed by atoms with Crippen LogP contribution in [0, 0.1) is 0 Å². The van der Waals surface area contributed by atoms with Crippen LogP contribution in [0.15, 0.2) is 247 Å². The maximum atomic E-state index is 7.12. The summed E-state index contributed by atoms with van der Waals surface area (Å²) in [4.78, 5) is 15.4. The third-order valence-corrected chi connectivity index (χ3v) is 13.0. The molecule has 0 aliphatic rings. The molecule has 0 spiro atoms. The van der Waals surface area contributed by atoms with Crippen LogP contribution < -0.4 is 0 Å². The molecule has 13 rings (SSSR count). The van der Waals surface area contributed by atoms with Crippen molar-refractivity contribution in [1.29, 1.82) is 0 Å². The van der Waals surface area contributed by atoms with Crippen molar-refractivity contribution in [1.82, 2.24) is 19.5 Å². The molecule has 0 fully saturated rings. The normalized spacial score (nSPS) is 11.5. The molecule has 0 aliphatic heterocycles. The Labute approximate surface area is 392 Å². The summed E-state index contributed by atoms with van der Waals surface area (Å²) in [6, 6.07) is 85.4. The number of nitrogens with zero attached hydrogens (tertiary/aromatic N) is 4. The summed E-state index contributed by atoms with van der Waals surface area (Å²) >= 11 is 0. The van der Waals surface area contributed by atoms with Crippen LogP contribution in [0.5, 0.6) is 0 Å². The Bertz CT molecular complexity index is 3880. The topological polar surface area (TPSA) is 56.7 Å². The van der Waals surface area contributed by atoms with E-state index in [0.717, 1.165) is 94.3 Å². The second-order valence-corrected chi connectivity index (χ2v) is 17.2. The van der Waals surface area contributed by atoms with E-state index in [9.17, 15) is 0 Å². The first-order chi connectivity index (χ1) is 33.7. The fourth-order valence-corrected chi connectivity index (χ4v) is 9.81. The van der Waals surface area contributed by atoms with Crippen LogP contribution in [0.1, 0.15) is 0 Å². The highest BCUT2D eigenvalue weighted by molar-refractivity contribution is 6.17. The molecule has 0 bridgehead atoms. The van der Waals surface area contributed by atoms with Gasteiger partial charge in [0.05, 0.1) is 11.0 Å². The SMILES string of the molecule is c1ccc(-c2cc(-c3ccccc3)cc(-c3cc(-c4ccc5c(c4)c4ccccc4n5-c4ccccc4)cc4c3oc3cccc(-c5nc(-c6ccccc6)nc(-c6ccccc6)n5)c34)c2)cc1. The monoisotopic (exact) mass is 868 g/mol. The highest BCUT2D eigenvalue weighted by atomic mass is 16.3. The van der Waals surface area contributed by atoms with Gasteiger partial charge in [0, 0.05) is 49.5 Å². The van der Waals surface area contributed by atoms with E-state index in [-0.39, 0.29) is 0 Å². The van der Waals surface area contributed by atoms with Crippen LogP contribution in [-0.4, -0.2) is 19.5 Å². The van der Waals surface area contributed by atoms with Crippen molar-refractivity contribution in [3.63, 3.8) is 0 Å². The van der Waals surface area contributed by atoms with Crippen LogP contribution in [-0.2, 0) is 0 Å². The van der Waals surface area contributed by atoms with Crippen LogP contribution in [0.3, 0.4) is 0 Å². The van der Waals surface area contributed by atoms with E-state index in [1.807, 2.05) is 66.7 Å². The number of benzene rings is 10. The summed E-state index contributed by atoms with van der Waals surface area (Å²) in [5.41, 5.74) is 16.4.